The monoisotopic (exact) mass is 474 g/mol. The van der Waals surface area contributed by atoms with E-state index in [1.165, 1.54) is 43.0 Å². The number of hydroxylamine groups is 1. The number of amides is 1. The molecule has 0 aliphatic rings. The highest BCUT2D eigenvalue weighted by atomic mass is 32.2. The van der Waals surface area contributed by atoms with Gasteiger partial charge < -0.3 is 9.72 Å². The predicted octanol–water partition coefficient (Wildman–Crippen LogP) is 0.914. The molecule has 11 nitrogen and oxygen atoms in total. The van der Waals surface area contributed by atoms with Gasteiger partial charge in [0, 0.05) is 25.9 Å². The minimum Gasteiger partial charge on any atom is -0.457 e. The summed E-state index contributed by atoms with van der Waals surface area (Å²) < 4.78 is 33.4. The molecule has 0 radical (unpaired) electrons. The van der Waals surface area contributed by atoms with Crippen molar-refractivity contribution in [3.05, 3.63) is 87.7 Å². The van der Waals surface area contributed by atoms with E-state index in [1.807, 2.05) is 6.07 Å². The highest BCUT2D eigenvalue weighted by Crippen LogP contribution is 2.25. The van der Waals surface area contributed by atoms with Gasteiger partial charge in [0.2, 0.25) is 10.0 Å². The first-order chi connectivity index (χ1) is 15.7. The Hall–Kier alpha value is -3.74. The van der Waals surface area contributed by atoms with Gasteiger partial charge in [0.25, 0.3) is 11.5 Å². The summed E-state index contributed by atoms with van der Waals surface area (Å²) in [5, 5.41) is 9.10. The van der Waals surface area contributed by atoms with Crippen LogP contribution in [0.2, 0.25) is 0 Å². The van der Waals surface area contributed by atoms with Crippen molar-refractivity contribution in [3.8, 4) is 11.5 Å². The number of nitrogens with one attached hydrogen (secondary N) is 2. The van der Waals surface area contributed by atoms with Crippen molar-refractivity contribution >= 4 is 15.9 Å². The number of hydrogen-bond acceptors (Lipinski definition) is 7. The summed E-state index contributed by atoms with van der Waals surface area (Å²) in [4.78, 5) is 38.2. The zero-order chi connectivity index (χ0) is 24.0. The van der Waals surface area contributed by atoms with Crippen molar-refractivity contribution in [2.24, 2.45) is 0 Å². The van der Waals surface area contributed by atoms with Crippen LogP contribution in [0.5, 0.6) is 11.5 Å². The number of aromatic nitrogens is 2. The number of carbonyl (C=O) groups is 1. The van der Waals surface area contributed by atoms with Crippen molar-refractivity contribution in [1.82, 2.24) is 19.3 Å². The second-order valence-corrected chi connectivity index (χ2v) is 8.96. The van der Waals surface area contributed by atoms with Crippen LogP contribution < -0.4 is 21.5 Å². The summed E-state index contributed by atoms with van der Waals surface area (Å²) in [7, 11) is -3.01. The fourth-order valence-corrected chi connectivity index (χ4v) is 4.45. The molecule has 0 bridgehead atoms. The first-order valence-corrected chi connectivity index (χ1v) is 11.2. The van der Waals surface area contributed by atoms with E-state index in [2.05, 4.69) is 4.98 Å². The Morgan fingerprint density at radius 2 is 1.73 bits per heavy atom. The molecule has 1 aromatic heterocycles. The number of ether oxygens (including phenoxy) is 1. The third kappa shape index (κ3) is 5.55. The lowest BCUT2D eigenvalue weighted by Crippen LogP contribution is -2.48. The summed E-state index contributed by atoms with van der Waals surface area (Å²) in [6.45, 7) is -0.253. The van der Waals surface area contributed by atoms with Crippen LogP contribution in [0.3, 0.4) is 0 Å². The molecular weight excluding hydrogens is 452 g/mol. The van der Waals surface area contributed by atoms with E-state index in [0.717, 1.165) is 14.9 Å². The molecule has 1 amide bonds. The maximum atomic E-state index is 13.1. The topological polar surface area (TPSA) is 151 Å². The SMILES string of the molecule is CN(C(CCn1c(=O)cc[nH]c1=O)C(=O)NO)S(=O)(=O)c1ccc(Oc2ccccc2)cc1. The van der Waals surface area contributed by atoms with E-state index in [0.29, 0.717) is 11.5 Å². The Morgan fingerprint density at radius 3 is 2.33 bits per heavy atom. The first kappa shape index (κ1) is 23.9. The average Bonchev–Trinajstić information content (AvgIpc) is 2.81. The molecule has 2 aromatic carbocycles. The second kappa shape index (κ2) is 10.3. The van der Waals surface area contributed by atoms with Gasteiger partial charge in [0.15, 0.2) is 0 Å². The van der Waals surface area contributed by atoms with Gasteiger partial charge in [-0.1, -0.05) is 18.2 Å². The van der Waals surface area contributed by atoms with Gasteiger partial charge in [0.1, 0.15) is 17.5 Å². The van der Waals surface area contributed by atoms with E-state index in [4.69, 9.17) is 9.94 Å². The van der Waals surface area contributed by atoms with Crippen molar-refractivity contribution < 1.29 is 23.2 Å². The van der Waals surface area contributed by atoms with Crippen molar-refractivity contribution in [2.75, 3.05) is 7.05 Å². The van der Waals surface area contributed by atoms with Gasteiger partial charge >= 0.3 is 5.69 Å². The largest absolute Gasteiger partial charge is 0.457 e. The van der Waals surface area contributed by atoms with E-state index >= 15 is 0 Å². The first-order valence-electron chi connectivity index (χ1n) is 9.77. The quantitative estimate of drug-likeness (QED) is 0.308. The zero-order valence-electron chi connectivity index (χ0n) is 17.5. The molecule has 0 aliphatic carbocycles. The number of para-hydroxylation sites is 1. The number of rotatable bonds is 9. The molecule has 12 heteroatoms. The molecule has 0 spiro atoms. The van der Waals surface area contributed by atoms with Crippen LogP contribution in [-0.2, 0) is 21.4 Å². The number of carbonyl (C=O) groups excluding carboxylic acids is 1. The van der Waals surface area contributed by atoms with Gasteiger partial charge in [-0.05, 0) is 42.8 Å². The molecule has 1 unspecified atom stereocenters. The Bertz CT molecular complexity index is 1290. The second-order valence-electron chi connectivity index (χ2n) is 6.96. The van der Waals surface area contributed by atoms with Gasteiger partial charge in [-0.15, -0.1) is 0 Å². The Balaban J connectivity index is 1.81. The lowest BCUT2D eigenvalue weighted by Gasteiger charge is -2.26. The molecule has 33 heavy (non-hydrogen) atoms. The molecule has 0 fully saturated rings. The number of likely N-dealkylation sites (N-methyl/N-ethyl adjacent to an activating group) is 1. The lowest BCUT2D eigenvalue weighted by atomic mass is 10.2. The van der Waals surface area contributed by atoms with Crippen LogP contribution in [0, 0.1) is 0 Å². The third-order valence-electron chi connectivity index (χ3n) is 4.90. The van der Waals surface area contributed by atoms with E-state index < -0.39 is 33.2 Å². The van der Waals surface area contributed by atoms with E-state index in [-0.39, 0.29) is 17.9 Å². The van der Waals surface area contributed by atoms with Crippen LogP contribution in [0.15, 0.2) is 81.3 Å². The molecule has 174 valence electrons. The lowest BCUT2D eigenvalue weighted by molar-refractivity contribution is -0.133. The van der Waals surface area contributed by atoms with Crippen molar-refractivity contribution in [2.45, 2.75) is 23.9 Å². The van der Waals surface area contributed by atoms with Crippen LogP contribution in [0.25, 0.3) is 0 Å². The molecule has 3 aromatic rings. The third-order valence-corrected chi connectivity index (χ3v) is 6.78. The minimum absolute atomic E-state index is 0.115. The van der Waals surface area contributed by atoms with Crippen LogP contribution in [0.1, 0.15) is 6.42 Å². The van der Waals surface area contributed by atoms with Gasteiger partial charge in [-0.3, -0.25) is 19.4 Å². The van der Waals surface area contributed by atoms with Gasteiger partial charge in [-0.2, -0.15) is 4.31 Å². The molecule has 0 aliphatic heterocycles. The standard InChI is InChI=1S/C21H22N4O7S/c1-24(18(20(27)23-29)12-14-25-19(26)11-13-22-21(25)28)33(30,31)17-9-7-16(8-10-17)32-15-5-3-2-4-6-15/h2-11,13,18,29H,12,14H2,1H3,(H,22,28)(H,23,27). The Morgan fingerprint density at radius 1 is 1.09 bits per heavy atom. The normalized spacial score (nSPS) is 12.3. The number of aromatic amines is 1. The summed E-state index contributed by atoms with van der Waals surface area (Å²) in [6.07, 6.45) is 0.936. The van der Waals surface area contributed by atoms with Crippen molar-refractivity contribution in [1.29, 1.82) is 0 Å². The predicted molar refractivity (Wildman–Crippen MR) is 118 cm³/mol. The van der Waals surface area contributed by atoms with E-state index in [9.17, 15) is 22.8 Å². The van der Waals surface area contributed by atoms with Crippen molar-refractivity contribution in [3.63, 3.8) is 0 Å². The molecule has 3 rings (SSSR count). The number of sulfonamides is 1. The zero-order valence-corrected chi connectivity index (χ0v) is 18.4. The summed E-state index contributed by atoms with van der Waals surface area (Å²) in [5.74, 6) is -0.0169. The van der Waals surface area contributed by atoms with Gasteiger partial charge in [-0.25, -0.2) is 18.7 Å². The molecule has 0 saturated heterocycles. The molecule has 1 heterocycles. The minimum atomic E-state index is -4.18. The highest BCUT2D eigenvalue weighted by molar-refractivity contribution is 7.89. The number of hydrogen-bond donors (Lipinski definition) is 3. The smallest absolute Gasteiger partial charge is 0.328 e. The number of benzene rings is 2. The molecule has 1 atom stereocenters. The Kier molecular flexibility index (Phi) is 7.43. The van der Waals surface area contributed by atoms with E-state index in [1.54, 1.807) is 24.3 Å². The average molecular weight is 474 g/mol. The maximum absolute atomic E-state index is 13.1. The fraction of sp³-hybridized carbons (Fsp3) is 0.190. The van der Waals surface area contributed by atoms with Crippen LogP contribution in [-0.4, -0.2) is 46.5 Å². The number of nitrogens with zero attached hydrogens (tertiary/aromatic N) is 2. The number of H-pyrrole nitrogens is 1. The fourth-order valence-electron chi connectivity index (χ4n) is 3.11. The highest BCUT2D eigenvalue weighted by Gasteiger charge is 2.33. The molecule has 3 N–H and O–H groups in total. The Labute approximate surface area is 188 Å². The molecule has 0 saturated carbocycles. The van der Waals surface area contributed by atoms with Crippen LogP contribution >= 0.6 is 0 Å². The van der Waals surface area contributed by atoms with Crippen LogP contribution in [0.4, 0.5) is 0 Å². The summed E-state index contributed by atoms with van der Waals surface area (Å²) in [5.41, 5.74) is 0.120. The summed E-state index contributed by atoms with van der Waals surface area (Å²) >= 11 is 0. The summed E-state index contributed by atoms with van der Waals surface area (Å²) in [6, 6.07) is 14.2. The maximum Gasteiger partial charge on any atom is 0.328 e. The molecular formula is C21H22N4O7S. The van der Waals surface area contributed by atoms with Gasteiger partial charge in [0.05, 0.1) is 4.90 Å².